The third-order valence-electron chi connectivity index (χ3n) is 2.37. The maximum Gasteiger partial charge on any atom is 0.233 e. The second-order valence-electron chi connectivity index (χ2n) is 3.29. The van der Waals surface area contributed by atoms with Crippen molar-refractivity contribution in [1.29, 1.82) is 0 Å². The zero-order valence-electron chi connectivity index (χ0n) is 8.31. The van der Waals surface area contributed by atoms with Gasteiger partial charge in [-0.3, -0.25) is 0 Å². The highest BCUT2D eigenvalue weighted by molar-refractivity contribution is 5.38. The van der Waals surface area contributed by atoms with Crippen LogP contribution in [0.2, 0.25) is 0 Å². The third kappa shape index (κ3) is 1.95. The van der Waals surface area contributed by atoms with E-state index in [1.165, 1.54) is 0 Å². The van der Waals surface area contributed by atoms with Crippen molar-refractivity contribution in [3.05, 3.63) is 18.6 Å². The average molecular weight is 192 g/mol. The van der Waals surface area contributed by atoms with Crippen molar-refractivity contribution in [2.45, 2.75) is 12.8 Å². The van der Waals surface area contributed by atoms with Gasteiger partial charge in [0.25, 0.3) is 0 Å². The molecule has 0 aromatic carbocycles. The lowest BCUT2D eigenvalue weighted by atomic mass is 10.1. The van der Waals surface area contributed by atoms with Crippen molar-refractivity contribution >= 4 is 5.82 Å². The van der Waals surface area contributed by atoms with E-state index in [-0.39, 0.29) is 0 Å². The monoisotopic (exact) mass is 192 g/mol. The molecule has 2 heterocycles. The van der Waals surface area contributed by atoms with Crippen LogP contribution < -0.4 is 9.64 Å². The van der Waals surface area contributed by atoms with Gasteiger partial charge in [-0.1, -0.05) is 0 Å². The summed E-state index contributed by atoms with van der Waals surface area (Å²) in [6.07, 6.45) is 4.58. The summed E-state index contributed by atoms with van der Waals surface area (Å²) in [5.74, 6) is 1.51. The van der Waals surface area contributed by atoms with Gasteiger partial charge in [-0.2, -0.15) is 0 Å². The summed E-state index contributed by atoms with van der Waals surface area (Å²) in [5.41, 5.74) is 0. The molecule has 75 valence electrons. The molecule has 0 N–H and O–H groups in total. The minimum Gasteiger partial charge on any atom is -0.480 e. The molecular formula is C10H14N3O. The first-order valence-corrected chi connectivity index (χ1v) is 4.84. The van der Waals surface area contributed by atoms with Crippen molar-refractivity contribution in [3.8, 4) is 5.88 Å². The molecule has 1 fully saturated rings. The minimum absolute atomic E-state index is 0.567. The topological polar surface area (TPSA) is 38.2 Å². The molecule has 1 aromatic rings. The molecule has 0 spiro atoms. The molecule has 4 nitrogen and oxygen atoms in total. The van der Waals surface area contributed by atoms with E-state index in [0.29, 0.717) is 5.88 Å². The lowest BCUT2D eigenvalue weighted by Crippen LogP contribution is -2.30. The first kappa shape index (κ1) is 9.24. The summed E-state index contributed by atoms with van der Waals surface area (Å²) >= 11 is 0. The molecule has 0 amide bonds. The van der Waals surface area contributed by atoms with Gasteiger partial charge in [-0.25, -0.2) is 0 Å². The quantitative estimate of drug-likeness (QED) is 0.707. The summed E-state index contributed by atoms with van der Waals surface area (Å²) in [7, 11) is 1.60. The van der Waals surface area contributed by atoms with Crippen LogP contribution in [0.5, 0.6) is 5.88 Å². The van der Waals surface area contributed by atoms with Crippen LogP contribution in [0.15, 0.2) is 12.1 Å². The molecular weight excluding hydrogens is 178 g/mol. The Balaban J connectivity index is 2.07. The van der Waals surface area contributed by atoms with Crippen molar-refractivity contribution in [3.63, 3.8) is 0 Å². The van der Waals surface area contributed by atoms with Gasteiger partial charge in [0.1, 0.15) is 0 Å². The fraction of sp³-hybridized carbons (Fsp3) is 0.500. The molecule has 1 saturated heterocycles. The van der Waals surface area contributed by atoms with E-state index in [0.717, 1.165) is 31.7 Å². The lowest BCUT2D eigenvalue weighted by Gasteiger charge is -2.26. The largest absolute Gasteiger partial charge is 0.480 e. The van der Waals surface area contributed by atoms with E-state index in [1.807, 2.05) is 12.1 Å². The second-order valence-corrected chi connectivity index (χ2v) is 3.29. The van der Waals surface area contributed by atoms with E-state index in [4.69, 9.17) is 4.74 Å². The Morgan fingerprint density at radius 3 is 2.57 bits per heavy atom. The van der Waals surface area contributed by atoms with Crippen molar-refractivity contribution in [1.82, 2.24) is 10.2 Å². The normalized spacial score (nSPS) is 16.8. The SMILES string of the molecule is COc1ccc(N2CC[CH]CC2)nn1. The number of hydrogen-bond acceptors (Lipinski definition) is 4. The van der Waals surface area contributed by atoms with Crippen molar-refractivity contribution < 1.29 is 4.74 Å². The fourth-order valence-electron chi connectivity index (χ4n) is 1.57. The highest BCUT2D eigenvalue weighted by Crippen LogP contribution is 2.17. The van der Waals surface area contributed by atoms with Crippen LogP contribution in [0, 0.1) is 6.42 Å². The maximum absolute atomic E-state index is 4.96. The van der Waals surface area contributed by atoms with Gasteiger partial charge in [0, 0.05) is 19.2 Å². The van der Waals surface area contributed by atoms with Crippen molar-refractivity contribution in [2.24, 2.45) is 0 Å². The predicted octanol–water partition coefficient (Wildman–Crippen LogP) is 1.29. The standard InChI is InChI=1S/C10H14N3O/c1-14-10-6-5-9(11-12-10)13-7-3-2-4-8-13/h2,5-6H,3-4,7-8H2,1H3. The zero-order chi connectivity index (χ0) is 9.80. The van der Waals surface area contributed by atoms with Crippen LogP contribution in [0.1, 0.15) is 12.8 Å². The number of rotatable bonds is 2. The molecule has 2 rings (SSSR count). The summed E-state index contributed by atoms with van der Waals surface area (Å²) < 4.78 is 4.96. The summed E-state index contributed by atoms with van der Waals surface area (Å²) in [5, 5.41) is 8.06. The predicted molar refractivity (Wildman–Crippen MR) is 54.3 cm³/mol. The van der Waals surface area contributed by atoms with Gasteiger partial charge in [0.05, 0.1) is 7.11 Å². The first-order valence-electron chi connectivity index (χ1n) is 4.84. The third-order valence-corrected chi connectivity index (χ3v) is 2.37. The first-order chi connectivity index (χ1) is 6.90. The van der Waals surface area contributed by atoms with Crippen LogP contribution in [-0.2, 0) is 0 Å². The lowest BCUT2D eigenvalue weighted by molar-refractivity contribution is 0.392. The summed E-state index contributed by atoms with van der Waals surface area (Å²) in [4.78, 5) is 2.24. The number of nitrogens with zero attached hydrogens (tertiary/aromatic N) is 3. The van der Waals surface area contributed by atoms with Gasteiger partial charge >= 0.3 is 0 Å². The molecule has 0 atom stereocenters. The van der Waals surface area contributed by atoms with Crippen LogP contribution >= 0.6 is 0 Å². The molecule has 0 bridgehead atoms. The Hall–Kier alpha value is -1.32. The Bertz CT molecular complexity index is 280. The molecule has 1 aliphatic rings. The number of piperidine rings is 1. The highest BCUT2D eigenvalue weighted by Gasteiger charge is 2.12. The molecule has 1 aromatic heterocycles. The number of methoxy groups -OCH3 is 1. The minimum atomic E-state index is 0.567. The van der Waals surface area contributed by atoms with Crippen molar-refractivity contribution in [2.75, 3.05) is 25.1 Å². The maximum atomic E-state index is 4.96. The number of hydrogen-bond donors (Lipinski definition) is 0. The fourth-order valence-corrected chi connectivity index (χ4v) is 1.57. The zero-order valence-corrected chi connectivity index (χ0v) is 8.31. The smallest absolute Gasteiger partial charge is 0.233 e. The summed E-state index contributed by atoms with van der Waals surface area (Å²) in [6, 6.07) is 3.80. The van der Waals surface area contributed by atoms with E-state index in [2.05, 4.69) is 21.5 Å². The van der Waals surface area contributed by atoms with E-state index >= 15 is 0 Å². The Morgan fingerprint density at radius 2 is 2.00 bits per heavy atom. The molecule has 0 unspecified atom stereocenters. The Kier molecular flexibility index (Phi) is 2.81. The average Bonchev–Trinajstić information content (AvgIpc) is 2.30. The number of anilines is 1. The van der Waals surface area contributed by atoms with Crippen LogP contribution in [-0.4, -0.2) is 30.4 Å². The van der Waals surface area contributed by atoms with E-state index in [9.17, 15) is 0 Å². The molecule has 1 aliphatic heterocycles. The highest BCUT2D eigenvalue weighted by atomic mass is 16.5. The number of ether oxygens (including phenoxy) is 1. The Morgan fingerprint density at radius 1 is 1.21 bits per heavy atom. The van der Waals surface area contributed by atoms with E-state index in [1.54, 1.807) is 7.11 Å². The summed E-state index contributed by atoms with van der Waals surface area (Å²) in [6.45, 7) is 2.09. The second kappa shape index (κ2) is 4.26. The Labute approximate surface area is 83.9 Å². The molecule has 0 saturated carbocycles. The molecule has 1 radical (unpaired) electrons. The van der Waals surface area contributed by atoms with Gasteiger partial charge in [0.2, 0.25) is 5.88 Å². The van der Waals surface area contributed by atoms with Gasteiger partial charge in [-0.05, 0) is 25.3 Å². The molecule has 14 heavy (non-hydrogen) atoms. The van der Waals surface area contributed by atoms with Crippen LogP contribution in [0.3, 0.4) is 0 Å². The van der Waals surface area contributed by atoms with Crippen LogP contribution in [0.4, 0.5) is 5.82 Å². The van der Waals surface area contributed by atoms with Gasteiger partial charge in [0.15, 0.2) is 5.82 Å². The van der Waals surface area contributed by atoms with E-state index < -0.39 is 0 Å². The molecule has 0 aliphatic carbocycles. The van der Waals surface area contributed by atoms with Gasteiger partial charge in [-0.15, -0.1) is 10.2 Å². The number of aromatic nitrogens is 2. The van der Waals surface area contributed by atoms with Gasteiger partial charge < -0.3 is 9.64 Å². The van der Waals surface area contributed by atoms with Crippen LogP contribution in [0.25, 0.3) is 0 Å². The molecule has 4 heteroatoms.